The molecule has 6 aliphatic rings. The quantitative estimate of drug-likeness (QED) is 0.217. The second-order valence-corrected chi connectivity index (χ2v) is 18.8. The van der Waals surface area contributed by atoms with Gasteiger partial charge >= 0.3 is 0 Å². The van der Waals surface area contributed by atoms with Gasteiger partial charge < -0.3 is 9.80 Å². The Labute approximate surface area is 299 Å². The maximum absolute atomic E-state index is 2.76. The van der Waals surface area contributed by atoms with Crippen molar-refractivity contribution >= 4 is 28.4 Å². The Kier molecular flexibility index (Phi) is 5.69. The Hall–Kier alpha value is -4.30. The van der Waals surface area contributed by atoms with Gasteiger partial charge in [0, 0.05) is 33.5 Å². The predicted molar refractivity (Wildman–Crippen MR) is 210 cm³/mol. The molecule has 4 aromatic rings. The van der Waals surface area contributed by atoms with Crippen molar-refractivity contribution < 1.29 is 0 Å². The fourth-order valence-electron chi connectivity index (χ4n) is 10.7. The van der Waals surface area contributed by atoms with Gasteiger partial charge in [0.25, 0.3) is 0 Å². The second kappa shape index (κ2) is 9.32. The number of fused-ring (bicyclic) bond motifs is 2. The van der Waals surface area contributed by atoms with Gasteiger partial charge in [0.1, 0.15) is 0 Å². The van der Waals surface area contributed by atoms with Crippen LogP contribution >= 0.6 is 0 Å². The van der Waals surface area contributed by atoms with Gasteiger partial charge in [-0.25, -0.2) is 0 Å². The Morgan fingerprint density at radius 3 is 1.70 bits per heavy atom. The fraction of sp³-hybridized carbons (Fsp3) is 0.375. The maximum Gasteiger partial charge on any atom is 0.0672 e. The van der Waals surface area contributed by atoms with E-state index in [4.69, 9.17) is 0 Å². The summed E-state index contributed by atoms with van der Waals surface area (Å²) in [6.45, 7) is 21.7. The minimum Gasteiger partial charge on any atom is -0.331 e. The predicted octanol–water partition coefficient (Wildman–Crippen LogP) is 12.3. The molecule has 2 nitrogen and oxygen atoms in total. The molecule has 0 saturated heterocycles. The molecule has 0 radical (unpaired) electrons. The molecule has 4 aromatic carbocycles. The Bertz CT molecular complexity index is 2160. The first-order valence-electron chi connectivity index (χ1n) is 18.9. The van der Waals surface area contributed by atoms with Crippen LogP contribution in [-0.2, 0) is 21.7 Å². The van der Waals surface area contributed by atoms with Crippen LogP contribution in [0, 0.1) is 11.8 Å². The third kappa shape index (κ3) is 3.70. The zero-order chi connectivity index (χ0) is 34.7. The molecule has 0 amide bonds. The molecule has 252 valence electrons. The smallest absolute Gasteiger partial charge is 0.0672 e. The lowest BCUT2D eigenvalue weighted by Crippen LogP contribution is -2.44. The summed E-state index contributed by atoms with van der Waals surface area (Å²) in [5, 5.41) is 0. The van der Waals surface area contributed by atoms with E-state index in [9.17, 15) is 0 Å². The zero-order valence-corrected chi connectivity index (χ0v) is 31.3. The molecular weight excluding hydrogens is 605 g/mol. The van der Waals surface area contributed by atoms with Crippen LogP contribution in [-0.4, -0.2) is 5.54 Å². The summed E-state index contributed by atoms with van der Waals surface area (Å²) in [4.78, 5) is 5.46. The summed E-state index contributed by atoms with van der Waals surface area (Å²) in [6.07, 6.45) is 14.3. The SMILES string of the molecule is CC(C)(C)c1ccc(N(c2cc3c4c(c2)C(C)(C)c2cccc5c2N4c2c(cccc2C3(C)C)C5(C)C)C23C=C4C=CC=CC4CC2C3)cc1. The molecule has 1 saturated carbocycles. The molecule has 3 heterocycles. The highest BCUT2D eigenvalue weighted by atomic mass is 15.3. The molecular formula is C48H50N2. The van der Waals surface area contributed by atoms with Crippen molar-refractivity contribution in [2.24, 2.45) is 11.8 Å². The lowest BCUT2D eigenvalue weighted by atomic mass is 9.61. The van der Waals surface area contributed by atoms with Crippen LogP contribution in [0.5, 0.6) is 0 Å². The fourth-order valence-corrected chi connectivity index (χ4v) is 10.7. The normalized spacial score (nSPS) is 26.0. The average Bonchev–Trinajstić information content (AvgIpc) is 3.79. The van der Waals surface area contributed by atoms with Crippen molar-refractivity contribution in [1.82, 2.24) is 0 Å². The molecule has 3 aliphatic heterocycles. The van der Waals surface area contributed by atoms with E-state index < -0.39 is 0 Å². The zero-order valence-electron chi connectivity index (χ0n) is 31.3. The van der Waals surface area contributed by atoms with Gasteiger partial charge in [-0.2, -0.15) is 0 Å². The number of benzene rings is 4. The topological polar surface area (TPSA) is 6.48 Å². The minimum absolute atomic E-state index is 0.0333. The molecule has 0 aromatic heterocycles. The van der Waals surface area contributed by atoms with Gasteiger partial charge in [0.05, 0.1) is 22.6 Å². The van der Waals surface area contributed by atoms with Gasteiger partial charge in [0.15, 0.2) is 0 Å². The first kappa shape index (κ1) is 30.5. The van der Waals surface area contributed by atoms with E-state index in [1.165, 1.54) is 85.8 Å². The van der Waals surface area contributed by atoms with Crippen LogP contribution < -0.4 is 9.80 Å². The van der Waals surface area contributed by atoms with E-state index in [1.807, 2.05) is 0 Å². The lowest BCUT2D eigenvalue weighted by Gasteiger charge is -2.55. The molecule has 2 heteroatoms. The van der Waals surface area contributed by atoms with Crippen molar-refractivity contribution in [3.8, 4) is 0 Å². The summed E-state index contributed by atoms with van der Waals surface area (Å²) >= 11 is 0. The van der Waals surface area contributed by atoms with Crippen LogP contribution in [0.1, 0.15) is 114 Å². The molecule has 0 spiro atoms. The number of hydrogen-bond donors (Lipinski definition) is 0. The summed E-state index contributed by atoms with van der Waals surface area (Å²) in [7, 11) is 0. The average molecular weight is 655 g/mol. The van der Waals surface area contributed by atoms with Crippen LogP contribution in [0.4, 0.5) is 28.4 Å². The van der Waals surface area contributed by atoms with Crippen molar-refractivity contribution in [3.05, 3.63) is 148 Å². The van der Waals surface area contributed by atoms with E-state index in [2.05, 4.69) is 175 Å². The molecule has 3 aliphatic carbocycles. The molecule has 0 N–H and O–H groups in total. The van der Waals surface area contributed by atoms with E-state index >= 15 is 0 Å². The van der Waals surface area contributed by atoms with E-state index in [0.29, 0.717) is 11.8 Å². The Balaban J connectivity index is 1.26. The number of para-hydroxylation sites is 2. The van der Waals surface area contributed by atoms with Crippen molar-refractivity contribution in [3.63, 3.8) is 0 Å². The molecule has 3 unspecified atom stereocenters. The second-order valence-electron chi connectivity index (χ2n) is 18.8. The van der Waals surface area contributed by atoms with E-state index in [1.54, 1.807) is 0 Å². The third-order valence-electron chi connectivity index (χ3n) is 13.8. The van der Waals surface area contributed by atoms with Crippen LogP contribution in [0.15, 0.2) is 109 Å². The largest absolute Gasteiger partial charge is 0.331 e. The van der Waals surface area contributed by atoms with Crippen molar-refractivity contribution in [2.75, 3.05) is 9.80 Å². The Morgan fingerprint density at radius 1 is 0.640 bits per heavy atom. The Morgan fingerprint density at radius 2 is 1.16 bits per heavy atom. The van der Waals surface area contributed by atoms with Gasteiger partial charge in [-0.1, -0.05) is 141 Å². The van der Waals surface area contributed by atoms with Crippen molar-refractivity contribution in [2.45, 2.75) is 102 Å². The highest BCUT2D eigenvalue weighted by molar-refractivity contribution is 5.99. The summed E-state index contributed by atoms with van der Waals surface area (Å²) in [5.41, 5.74) is 18.0. The lowest BCUT2D eigenvalue weighted by molar-refractivity contribution is 0.533. The van der Waals surface area contributed by atoms with E-state index in [-0.39, 0.29) is 27.2 Å². The first-order valence-corrected chi connectivity index (χ1v) is 18.9. The highest BCUT2D eigenvalue weighted by Crippen LogP contribution is 2.68. The van der Waals surface area contributed by atoms with Crippen LogP contribution in [0.2, 0.25) is 0 Å². The summed E-state index contributed by atoms with van der Waals surface area (Å²) < 4.78 is 0. The summed E-state index contributed by atoms with van der Waals surface area (Å²) in [6, 6.07) is 29.0. The molecule has 50 heavy (non-hydrogen) atoms. The number of rotatable bonds is 3. The monoisotopic (exact) mass is 654 g/mol. The highest BCUT2D eigenvalue weighted by Gasteiger charge is 2.60. The van der Waals surface area contributed by atoms with Crippen LogP contribution in [0.25, 0.3) is 0 Å². The van der Waals surface area contributed by atoms with Gasteiger partial charge in [-0.15, -0.1) is 0 Å². The van der Waals surface area contributed by atoms with Gasteiger partial charge in [0.2, 0.25) is 0 Å². The number of anilines is 5. The summed E-state index contributed by atoms with van der Waals surface area (Å²) in [5.74, 6) is 1.16. The minimum atomic E-state index is -0.173. The van der Waals surface area contributed by atoms with Gasteiger partial charge in [-0.3, -0.25) is 0 Å². The number of allylic oxidation sites excluding steroid dienone is 5. The van der Waals surface area contributed by atoms with Gasteiger partial charge in [-0.05, 0) is 93.0 Å². The molecule has 0 bridgehead atoms. The molecule has 3 atom stereocenters. The maximum atomic E-state index is 2.76. The van der Waals surface area contributed by atoms with Crippen molar-refractivity contribution in [1.29, 1.82) is 0 Å². The molecule has 10 rings (SSSR count). The number of hydrogen-bond acceptors (Lipinski definition) is 2. The first-order chi connectivity index (χ1) is 23.7. The number of nitrogens with zero attached hydrogens (tertiary/aromatic N) is 2. The standard InChI is InChI=1S/C48H50N2/c1-44(2,3)31-20-22-33(23-21-31)50(48-27-30-15-11-10-14-29(30)24-32(48)28-48)34-25-39-43-40(26-34)47(8,9)38-19-13-17-36-42(38)49(43)41-35(45(36,4)5)16-12-18-37(41)46(39,6)7/h10-23,25-27,29,32H,24,28H2,1-9H3. The third-order valence-corrected chi connectivity index (χ3v) is 13.8. The van der Waals surface area contributed by atoms with Crippen LogP contribution in [0.3, 0.4) is 0 Å². The molecule has 1 fully saturated rings. The van der Waals surface area contributed by atoms with E-state index in [0.717, 1.165) is 0 Å².